The van der Waals surface area contributed by atoms with Crippen LogP contribution in [0.1, 0.15) is 19.8 Å². The van der Waals surface area contributed by atoms with Gasteiger partial charge in [0, 0.05) is 26.1 Å². The second-order valence-electron chi connectivity index (χ2n) is 5.07. The maximum absolute atomic E-state index is 11.9. The molecule has 1 aliphatic heterocycles. The molecule has 0 saturated carbocycles. The van der Waals surface area contributed by atoms with E-state index in [1.807, 2.05) is 0 Å². The molecule has 0 radical (unpaired) electrons. The van der Waals surface area contributed by atoms with Crippen LogP contribution >= 0.6 is 11.6 Å². The monoisotopic (exact) mass is 310 g/mol. The zero-order valence-corrected chi connectivity index (χ0v) is 12.7. The molecule has 1 heterocycles. The highest BCUT2D eigenvalue weighted by Crippen LogP contribution is 2.22. The highest BCUT2D eigenvalue weighted by atomic mass is 35.5. The summed E-state index contributed by atoms with van der Waals surface area (Å²) < 4.78 is 5.39. The summed E-state index contributed by atoms with van der Waals surface area (Å²) in [4.78, 5) is 24.9. The number of benzene rings is 1. The number of amides is 2. The van der Waals surface area contributed by atoms with Crippen LogP contribution in [-0.2, 0) is 9.59 Å². The zero-order valence-electron chi connectivity index (χ0n) is 12.0. The molecule has 0 aromatic heterocycles. The van der Waals surface area contributed by atoms with Crippen molar-refractivity contribution in [3.63, 3.8) is 0 Å². The summed E-state index contributed by atoms with van der Waals surface area (Å²) in [6.07, 6.45) is 1.55. The van der Waals surface area contributed by atoms with Crippen LogP contribution in [-0.4, -0.2) is 42.5 Å². The van der Waals surface area contributed by atoms with Gasteiger partial charge in [0.25, 0.3) is 5.91 Å². The van der Waals surface area contributed by atoms with Gasteiger partial charge in [0.05, 0.1) is 5.02 Å². The largest absolute Gasteiger partial charge is 0.482 e. The molecule has 5 nitrogen and oxygen atoms in total. The first-order valence-corrected chi connectivity index (χ1v) is 7.36. The Hall–Kier alpha value is -1.75. The SMILES string of the molecule is CC(=O)N1CCC(NC(=O)COc2ccccc2Cl)CC1. The summed E-state index contributed by atoms with van der Waals surface area (Å²) in [6.45, 7) is 2.88. The summed E-state index contributed by atoms with van der Waals surface area (Å²) in [5.41, 5.74) is 0. The van der Waals surface area contributed by atoms with Crippen molar-refractivity contribution in [2.45, 2.75) is 25.8 Å². The maximum atomic E-state index is 11.9. The molecule has 1 aromatic carbocycles. The first-order valence-electron chi connectivity index (χ1n) is 6.98. The molecule has 0 aliphatic carbocycles. The van der Waals surface area contributed by atoms with Gasteiger partial charge in [-0.2, -0.15) is 0 Å². The number of carbonyl (C=O) groups is 2. The number of halogens is 1. The van der Waals surface area contributed by atoms with Crippen LogP contribution in [0.15, 0.2) is 24.3 Å². The van der Waals surface area contributed by atoms with E-state index in [2.05, 4.69) is 5.32 Å². The molecule has 1 saturated heterocycles. The first kappa shape index (κ1) is 15.6. The lowest BCUT2D eigenvalue weighted by atomic mass is 10.1. The molecule has 2 rings (SSSR count). The van der Waals surface area contributed by atoms with Crippen molar-refractivity contribution in [2.75, 3.05) is 19.7 Å². The third-order valence-electron chi connectivity index (χ3n) is 3.50. The highest BCUT2D eigenvalue weighted by Gasteiger charge is 2.22. The molecular formula is C15H19ClN2O3. The van der Waals surface area contributed by atoms with Crippen molar-refractivity contribution >= 4 is 23.4 Å². The van der Waals surface area contributed by atoms with Crippen LogP contribution in [0.25, 0.3) is 0 Å². The summed E-state index contributed by atoms with van der Waals surface area (Å²) in [7, 11) is 0. The van der Waals surface area contributed by atoms with Gasteiger partial charge in [0.2, 0.25) is 5.91 Å². The van der Waals surface area contributed by atoms with Gasteiger partial charge in [0.1, 0.15) is 5.75 Å². The minimum Gasteiger partial charge on any atom is -0.482 e. The summed E-state index contributed by atoms with van der Waals surface area (Å²) in [5, 5.41) is 3.41. The number of nitrogens with zero attached hydrogens (tertiary/aromatic N) is 1. The number of carbonyl (C=O) groups excluding carboxylic acids is 2. The number of hydrogen-bond donors (Lipinski definition) is 1. The Morgan fingerprint density at radius 1 is 1.33 bits per heavy atom. The standard InChI is InChI=1S/C15H19ClN2O3/c1-11(19)18-8-6-12(7-9-18)17-15(20)10-21-14-5-3-2-4-13(14)16/h2-5,12H,6-10H2,1H3,(H,17,20). The molecule has 6 heteroatoms. The lowest BCUT2D eigenvalue weighted by Gasteiger charge is -2.31. The van der Waals surface area contributed by atoms with Gasteiger partial charge in [-0.3, -0.25) is 9.59 Å². The quantitative estimate of drug-likeness (QED) is 0.923. The zero-order chi connectivity index (χ0) is 15.2. The van der Waals surface area contributed by atoms with Crippen molar-refractivity contribution in [2.24, 2.45) is 0 Å². The van der Waals surface area contributed by atoms with Gasteiger partial charge in [-0.15, -0.1) is 0 Å². The molecule has 21 heavy (non-hydrogen) atoms. The Morgan fingerprint density at radius 2 is 2.00 bits per heavy atom. The number of nitrogens with one attached hydrogen (secondary N) is 1. The van der Waals surface area contributed by atoms with Crippen LogP contribution < -0.4 is 10.1 Å². The molecule has 0 unspecified atom stereocenters. The van der Waals surface area contributed by atoms with Crippen LogP contribution in [0.4, 0.5) is 0 Å². The molecule has 114 valence electrons. The number of likely N-dealkylation sites (tertiary alicyclic amines) is 1. The Bertz CT molecular complexity index is 513. The van der Waals surface area contributed by atoms with Gasteiger partial charge < -0.3 is 15.0 Å². The predicted molar refractivity (Wildman–Crippen MR) is 80.4 cm³/mol. The molecule has 2 amide bonds. The fourth-order valence-electron chi connectivity index (χ4n) is 2.31. The van der Waals surface area contributed by atoms with E-state index in [-0.39, 0.29) is 24.5 Å². The number of piperidine rings is 1. The van der Waals surface area contributed by atoms with E-state index >= 15 is 0 Å². The first-order chi connectivity index (χ1) is 10.1. The van der Waals surface area contributed by atoms with E-state index in [1.165, 1.54) is 0 Å². The van der Waals surface area contributed by atoms with Gasteiger partial charge in [-0.1, -0.05) is 23.7 Å². The van der Waals surface area contributed by atoms with Crippen LogP contribution in [0.5, 0.6) is 5.75 Å². The van der Waals surface area contributed by atoms with Crippen molar-refractivity contribution in [3.05, 3.63) is 29.3 Å². The normalized spacial score (nSPS) is 15.6. The Balaban J connectivity index is 1.73. The maximum Gasteiger partial charge on any atom is 0.258 e. The Labute approximate surface area is 129 Å². The second kappa shape index (κ2) is 7.31. The minimum atomic E-state index is -0.170. The van der Waals surface area contributed by atoms with Gasteiger partial charge >= 0.3 is 0 Å². The van der Waals surface area contributed by atoms with Crippen molar-refractivity contribution in [1.82, 2.24) is 10.2 Å². The number of rotatable bonds is 4. The number of hydrogen-bond acceptors (Lipinski definition) is 3. The lowest BCUT2D eigenvalue weighted by Crippen LogP contribution is -2.47. The van der Waals surface area contributed by atoms with E-state index in [1.54, 1.807) is 36.1 Å². The van der Waals surface area contributed by atoms with E-state index < -0.39 is 0 Å². The molecule has 1 N–H and O–H groups in total. The summed E-state index contributed by atoms with van der Waals surface area (Å²) in [5.74, 6) is 0.415. The third-order valence-corrected chi connectivity index (χ3v) is 3.81. The average molecular weight is 311 g/mol. The van der Waals surface area contributed by atoms with Crippen LogP contribution in [0, 0.1) is 0 Å². The van der Waals surface area contributed by atoms with Gasteiger partial charge in [-0.05, 0) is 25.0 Å². The Morgan fingerprint density at radius 3 is 2.62 bits per heavy atom. The second-order valence-corrected chi connectivity index (χ2v) is 5.47. The van der Waals surface area contributed by atoms with Gasteiger partial charge in [-0.25, -0.2) is 0 Å². The molecule has 0 spiro atoms. The van der Waals surface area contributed by atoms with Crippen molar-refractivity contribution in [1.29, 1.82) is 0 Å². The molecule has 1 aromatic rings. The van der Waals surface area contributed by atoms with E-state index in [9.17, 15) is 9.59 Å². The fraction of sp³-hybridized carbons (Fsp3) is 0.467. The summed E-state index contributed by atoms with van der Waals surface area (Å²) in [6, 6.07) is 7.14. The Kier molecular flexibility index (Phi) is 5.44. The topological polar surface area (TPSA) is 58.6 Å². The molecule has 1 fully saturated rings. The van der Waals surface area contributed by atoms with Crippen molar-refractivity contribution in [3.8, 4) is 5.75 Å². The fourth-order valence-corrected chi connectivity index (χ4v) is 2.50. The van der Waals surface area contributed by atoms with Crippen LogP contribution in [0.3, 0.4) is 0 Å². The van der Waals surface area contributed by atoms with Crippen LogP contribution in [0.2, 0.25) is 5.02 Å². The predicted octanol–water partition coefficient (Wildman–Crippen LogP) is 1.85. The van der Waals surface area contributed by atoms with Gasteiger partial charge in [0.15, 0.2) is 6.61 Å². The minimum absolute atomic E-state index is 0.0589. The van der Waals surface area contributed by atoms with Crippen molar-refractivity contribution < 1.29 is 14.3 Å². The third kappa shape index (κ3) is 4.63. The van der Waals surface area contributed by atoms with E-state index in [4.69, 9.17) is 16.3 Å². The molecule has 0 bridgehead atoms. The summed E-state index contributed by atoms with van der Waals surface area (Å²) >= 11 is 5.95. The number of para-hydroxylation sites is 1. The van der Waals surface area contributed by atoms with E-state index in [0.29, 0.717) is 23.9 Å². The van der Waals surface area contributed by atoms with E-state index in [0.717, 1.165) is 12.8 Å². The molecule has 0 atom stereocenters. The average Bonchev–Trinajstić information content (AvgIpc) is 2.47. The highest BCUT2D eigenvalue weighted by molar-refractivity contribution is 6.32. The molecular weight excluding hydrogens is 292 g/mol. The smallest absolute Gasteiger partial charge is 0.258 e. The number of ether oxygens (including phenoxy) is 1. The lowest BCUT2D eigenvalue weighted by molar-refractivity contribution is -0.130. The molecule has 1 aliphatic rings.